The van der Waals surface area contributed by atoms with Gasteiger partial charge < -0.3 is 10.6 Å². The zero-order valence-corrected chi connectivity index (χ0v) is 19.1. The van der Waals surface area contributed by atoms with Crippen LogP contribution in [0.15, 0.2) is 72.6 Å². The molecule has 4 aromatic rings. The monoisotopic (exact) mass is 481 g/mol. The zero-order chi connectivity index (χ0) is 23.4. The van der Waals surface area contributed by atoms with Gasteiger partial charge in [0.2, 0.25) is 15.9 Å². The molecule has 0 unspecified atom stereocenters. The molecule has 0 fully saturated rings. The average Bonchev–Trinajstić information content (AvgIpc) is 3.48. The van der Waals surface area contributed by atoms with Gasteiger partial charge in [-0.05, 0) is 35.4 Å². The van der Waals surface area contributed by atoms with E-state index in [0.29, 0.717) is 5.13 Å². The minimum absolute atomic E-state index is 0.138. The van der Waals surface area contributed by atoms with Gasteiger partial charge in [0.05, 0.1) is 24.1 Å². The predicted octanol–water partition coefficient (Wildman–Crippen LogP) is 2.85. The number of aromatic nitrogens is 3. The molecule has 168 valence electrons. The molecule has 0 radical (unpaired) electrons. The fourth-order valence-corrected chi connectivity index (χ4v) is 4.33. The number of anilines is 1. The summed E-state index contributed by atoms with van der Waals surface area (Å²) < 4.78 is 23.9. The molecule has 2 N–H and O–H groups in total. The molecule has 33 heavy (non-hydrogen) atoms. The third kappa shape index (κ3) is 5.51. The van der Waals surface area contributed by atoms with Gasteiger partial charge in [0.25, 0.3) is 5.91 Å². The molecule has 1 aromatic carbocycles. The summed E-state index contributed by atoms with van der Waals surface area (Å²) in [7, 11) is -3.48. The highest BCUT2D eigenvalue weighted by Crippen LogP contribution is 2.28. The van der Waals surface area contributed by atoms with E-state index in [1.165, 1.54) is 29.8 Å². The van der Waals surface area contributed by atoms with E-state index in [1.807, 2.05) is 41.8 Å². The van der Waals surface area contributed by atoms with E-state index in [1.54, 1.807) is 12.4 Å². The summed E-state index contributed by atoms with van der Waals surface area (Å²) in [6.07, 6.45) is 6.96. The molecule has 3 heterocycles. The molecule has 4 rings (SSSR count). The number of carbonyl (C=O) groups excluding carboxylic acids is 2. The zero-order valence-electron chi connectivity index (χ0n) is 17.4. The molecule has 0 bridgehead atoms. The van der Waals surface area contributed by atoms with Gasteiger partial charge in [0.15, 0.2) is 5.13 Å². The maximum Gasteiger partial charge on any atom is 0.253 e. The van der Waals surface area contributed by atoms with E-state index in [-0.39, 0.29) is 12.1 Å². The van der Waals surface area contributed by atoms with E-state index >= 15 is 0 Å². The first-order chi connectivity index (χ1) is 15.8. The van der Waals surface area contributed by atoms with Crippen LogP contribution in [0.2, 0.25) is 0 Å². The number of rotatable bonds is 7. The summed E-state index contributed by atoms with van der Waals surface area (Å²) in [5.41, 5.74) is 3.83. The summed E-state index contributed by atoms with van der Waals surface area (Å²) in [5, 5.41) is 7.37. The van der Waals surface area contributed by atoms with Crippen LogP contribution in [0.4, 0.5) is 5.13 Å². The van der Waals surface area contributed by atoms with Crippen LogP contribution in [0.25, 0.3) is 22.4 Å². The fourth-order valence-electron chi connectivity index (χ4n) is 3.01. The van der Waals surface area contributed by atoms with Crippen molar-refractivity contribution in [3.63, 3.8) is 0 Å². The van der Waals surface area contributed by atoms with E-state index in [0.717, 1.165) is 32.6 Å². The molecule has 3 aromatic heterocycles. The van der Waals surface area contributed by atoms with Crippen molar-refractivity contribution in [1.29, 1.82) is 0 Å². The fraction of sp³-hybridized carbons (Fsp3) is 0.0909. The van der Waals surface area contributed by atoms with Gasteiger partial charge in [-0.1, -0.05) is 18.2 Å². The first-order valence-electron chi connectivity index (χ1n) is 9.72. The van der Waals surface area contributed by atoms with Gasteiger partial charge in [-0.25, -0.2) is 13.4 Å². The number of benzene rings is 1. The number of nitrogens with one attached hydrogen (secondary N) is 2. The molecule has 9 nitrogen and oxygen atoms in total. The number of thiazole rings is 1. The number of nitrogens with zero attached hydrogens (tertiary/aromatic N) is 3. The number of hydrogen-bond donors (Lipinski definition) is 2. The van der Waals surface area contributed by atoms with Crippen LogP contribution in [-0.2, 0) is 14.8 Å². The Bertz CT molecular complexity index is 1410. The van der Waals surface area contributed by atoms with Gasteiger partial charge in [0.1, 0.15) is 0 Å². The Kier molecular flexibility index (Phi) is 6.33. The maximum absolute atomic E-state index is 12.2. The molecule has 0 aliphatic heterocycles. The van der Waals surface area contributed by atoms with Crippen LogP contribution >= 0.6 is 11.3 Å². The van der Waals surface area contributed by atoms with Crippen LogP contribution in [0.3, 0.4) is 0 Å². The minimum Gasteiger partial charge on any atom is -0.343 e. The third-order valence-corrected chi connectivity index (χ3v) is 6.40. The van der Waals surface area contributed by atoms with Crippen molar-refractivity contribution in [3.8, 4) is 22.4 Å². The van der Waals surface area contributed by atoms with Crippen LogP contribution < -0.4 is 10.6 Å². The second-order valence-electron chi connectivity index (χ2n) is 7.08. The van der Waals surface area contributed by atoms with Crippen molar-refractivity contribution in [3.05, 3.63) is 78.2 Å². The third-order valence-electron chi connectivity index (χ3n) is 4.64. The van der Waals surface area contributed by atoms with Crippen LogP contribution in [-0.4, -0.2) is 47.0 Å². The first-order valence-corrected chi connectivity index (χ1v) is 12.5. The van der Waals surface area contributed by atoms with Gasteiger partial charge in [-0.15, -0.1) is 11.3 Å². The van der Waals surface area contributed by atoms with Crippen molar-refractivity contribution in [2.75, 3.05) is 18.1 Å². The maximum atomic E-state index is 12.2. The molecule has 2 amide bonds. The largest absolute Gasteiger partial charge is 0.343 e. The molecular weight excluding hydrogens is 462 g/mol. The Hall–Kier alpha value is -3.83. The highest BCUT2D eigenvalue weighted by Gasteiger charge is 2.14. The van der Waals surface area contributed by atoms with Crippen molar-refractivity contribution in [2.45, 2.75) is 0 Å². The highest BCUT2D eigenvalue weighted by molar-refractivity contribution is 7.89. The molecule has 0 saturated heterocycles. The Labute approximate surface area is 194 Å². The second kappa shape index (κ2) is 9.35. The lowest BCUT2D eigenvalue weighted by molar-refractivity contribution is -0.115. The molecule has 11 heteroatoms. The molecule has 0 atom stereocenters. The Balaban J connectivity index is 1.36. The van der Waals surface area contributed by atoms with Crippen molar-refractivity contribution in [2.24, 2.45) is 0 Å². The van der Waals surface area contributed by atoms with E-state index in [4.69, 9.17) is 0 Å². The van der Waals surface area contributed by atoms with Crippen LogP contribution in [0, 0.1) is 0 Å². The van der Waals surface area contributed by atoms with Gasteiger partial charge in [0, 0.05) is 35.7 Å². The molecule has 0 aliphatic carbocycles. The highest BCUT2D eigenvalue weighted by atomic mass is 32.2. The minimum atomic E-state index is -3.48. The van der Waals surface area contributed by atoms with Gasteiger partial charge >= 0.3 is 0 Å². The van der Waals surface area contributed by atoms with Gasteiger partial charge in [-0.3, -0.25) is 18.5 Å². The number of hydrogen-bond acceptors (Lipinski definition) is 7. The van der Waals surface area contributed by atoms with E-state index < -0.39 is 21.8 Å². The van der Waals surface area contributed by atoms with Crippen LogP contribution in [0.1, 0.15) is 10.4 Å². The Morgan fingerprint density at radius 1 is 1.06 bits per heavy atom. The Morgan fingerprint density at radius 2 is 1.82 bits per heavy atom. The van der Waals surface area contributed by atoms with Crippen LogP contribution in [0.5, 0.6) is 0 Å². The summed E-state index contributed by atoms with van der Waals surface area (Å²) in [6.45, 7) is -0.282. The quantitative estimate of drug-likeness (QED) is 0.418. The number of amides is 2. The summed E-state index contributed by atoms with van der Waals surface area (Å²) in [5.74, 6) is -1.00. The summed E-state index contributed by atoms with van der Waals surface area (Å²) in [6, 6.07) is 13.1. The SMILES string of the molecule is CS(=O)(=O)n1ccc(C(=O)NCC(=O)Nc2nc(-c3cccc(-c4ccncc4)c3)cs2)c1. The summed E-state index contributed by atoms with van der Waals surface area (Å²) >= 11 is 1.28. The molecule has 0 aliphatic rings. The first kappa shape index (κ1) is 22.4. The van der Waals surface area contributed by atoms with E-state index in [2.05, 4.69) is 20.6 Å². The predicted molar refractivity (Wildman–Crippen MR) is 126 cm³/mol. The van der Waals surface area contributed by atoms with Crippen molar-refractivity contribution < 1.29 is 18.0 Å². The van der Waals surface area contributed by atoms with Crippen molar-refractivity contribution in [1.82, 2.24) is 19.3 Å². The summed E-state index contributed by atoms with van der Waals surface area (Å²) in [4.78, 5) is 32.9. The normalized spacial score (nSPS) is 11.2. The van der Waals surface area contributed by atoms with Crippen molar-refractivity contribution >= 4 is 38.3 Å². The topological polar surface area (TPSA) is 123 Å². The number of pyridine rings is 1. The lowest BCUT2D eigenvalue weighted by Crippen LogP contribution is -2.32. The second-order valence-corrected chi connectivity index (χ2v) is 9.82. The Morgan fingerprint density at radius 3 is 2.55 bits per heavy atom. The van der Waals surface area contributed by atoms with E-state index in [9.17, 15) is 18.0 Å². The smallest absolute Gasteiger partial charge is 0.253 e. The molecular formula is C22H19N5O4S2. The standard InChI is InChI=1S/C22H19N5O4S2/c1-33(30,31)27-10-7-18(13-27)21(29)24-12-20(28)26-22-25-19(14-32-22)17-4-2-3-16(11-17)15-5-8-23-9-6-15/h2-11,13-14H,12H2,1H3,(H,24,29)(H,25,26,28). The lowest BCUT2D eigenvalue weighted by atomic mass is 10.0. The molecule has 0 saturated carbocycles. The molecule has 0 spiro atoms. The number of carbonyl (C=O) groups is 2. The lowest BCUT2D eigenvalue weighted by Gasteiger charge is -2.04. The van der Waals surface area contributed by atoms with Gasteiger partial charge in [-0.2, -0.15) is 0 Å². The average molecular weight is 482 g/mol.